The summed E-state index contributed by atoms with van der Waals surface area (Å²) >= 11 is 8.40. The highest BCUT2D eigenvalue weighted by atomic mass is 35.5. The number of hydrogen-bond donors (Lipinski definition) is 2. The molecule has 0 saturated heterocycles. The Morgan fingerprint density at radius 1 is 1.07 bits per heavy atom. The van der Waals surface area contributed by atoms with E-state index in [1.165, 1.54) is 23.5 Å². The highest BCUT2D eigenvalue weighted by Gasteiger charge is 2.17. The van der Waals surface area contributed by atoms with Gasteiger partial charge in [-0.25, -0.2) is 18.4 Å². The van der Waals surface area contributed by atoms with Gasteiger partial charge in [0.25, 0.3) is 10.0 Å². The minimum atomic E-state index is -3.72. The number of sulfonamides is 1. The van der Waals surface area contributed by atoms with Crippen LogP contribution in [0, 0.1) is 0 Å². The molecule has 0 unspecified atom stereocenters. The van der Waals surface area contributed by atoms with E-state index >= 15 is 0 Å². The van der Waals surface area contributed by atoms with Gasteiger partial charge >= 0.3 is 0 Å². The van der Waals surface area contributed by atoms with Crippen LogP contribution in [0.2, 0.25) is 5.02 Å². The molecule has 2 heterocycles. The third kappa shape index (κ3) is 4.73. The number of nitrogens with one attached hydrogen (secondary N) is 2. The summed E-state index contributed by atoms with van der Waals surface area (Å²) in [6.07, 6.45) is 0.000244. The standard InChI is InChI=1S/C18H13ClN4O3S3/c19-11-6-7-14-15(8-11)28-17(21-14)22-16(24)9-12-10-27-18(20-12)23-29(25,26)13-4-2-1-3-5-13/h1-8,10H,9H2,(H,20,23)(H,21,22,24). The van der Waals surface area contributed by atoms with E-state index in [0.29, 0.717) is 15.8 Å². The number of anilines is 2. The smallest absolute Gasteiger partial charge is 0.263 e. The fraction of sp³-hybridized carbons (Fsp3) is 0.0556. The number of carbonyl (C=O) groups is 1. The van der Waals surface area contributed by atoms with E-state index in [2.05, 4.69) is 20.0 Å². The molecule has 7 nitrogen and oxygen atoms in total. The van der Waals surface area contributed by atoms with E-state index < -0.39 is 10.0 Å². The zero-order valence-corrected chi connectivity index (χ0v) is 17.8. The predicted molar refractivity (Wildman–Crippen MR) is 116 cm³/mol. The van der Waals surface area contributed by atoms with Gasteiger partial charge in [0.1, 0.15) is 0 Å². The summed E-state index contributed by atoms with van der Waals surface area (Å²) in [7, 11) is -3.72. The third-order valence-electron chi connectivity index (χ3n) is 3.77. The minimum Gasteiger partial charge on any atom is -0.302 e. The highest BCUT2D eigenvalue weighted by molar-refractivity contribution is 7.93. The van der Waals surface area contributed by atoms with Crippen LogP contribution in [-0.2, 0) is 21.2 Å². The number of nitrogens with zero attached hydrogens (tertiary/aromatic N) is 2. The first-order chi connectivity index (χ1) is 13.9. The maximum Gasteiger partial charge on any atom is 0.263 e. The maximum absolute atomic E-state index is 12.3. The molecule has 148 valence electrons. The van der Waals surface area contributed by atoms with Crippen LogP contribution in [0.4, 0.5) is 10.3 Å². The molecule has 2 aromatic heterocycles. The van der Waals surface area contributed by atoms with Gasteiger partial charge in [-0.1, -0.05) is 41.1 Å². The second kappa shape index (κ2) is 8.07. The van der Waals surface area contributed by atoms with Crippen LogP contribution in [0.25, 0.3) is 10.2 Å². The molecule has 0 fully saturated rings. The summed E-state index contributed by atoms with van der Waals surface area (Å²) in [6.45, 7) is 0. The van der Waals surface area contributed by atoms with Gasteiger partial charge in [-0.3, -0.25) is 9.52 Å². The van der Waals surface area contributed by atoms with Gasteiger partial charge in [-0.2, -0.15) is 0 Å². The number of halogens is 1. The molecule has 4 rings (SSSR count). The molecule has 4 aromatic rings. The molecular formula is C18H13ClN4O3S3. The van der Waals surface area contributed by atoms with Crippen molar-refractivity contribution in [3.63, 3.8) is 0 Å². The van der Waals surface area contributed by atoms with Gasteiger partial charge in [0.05, 0.1) is 27.2 Å². The van der Waals surface area contributed by atoms with Gasteiger partial charge in [-0.05, 0) is 30.3 Å². The Hall–Kier alpha value is -2.53. The van der Waals surface area contributed by atoms with Crippen molar-refractivity contribution in [2.24, 2.45) is 0 Å². The van der Waals surface area contributed by atoms with Gasteiger partial charge in [0.15, 0.2) is 10.3 Å². The fourth-order valence-electron chi connectivity index (χ4n) is 2.49. The molecule has 2 N–H and O–H groups in total. The van der Waals surface area contributed by atoms with Gasteiger partial charge in [0, 0.05) is 10.4 Å². The lowest BCUT2D eigenvalue weighted by molar-refractivity contribution is -0.115. The monoisotopic (exact) mass is 464 g/mol. The molecule has 29 heavy (non-hydrogen) atoms. The van der Waals surface area contributed by atoms with E-state index in [1.807, 2.05) is 0 Å². The lowest BCUT2D eigenvalue weighted by Crippen LogP contribution is -2.15. The Labute approximate surface area is 179 Å². The summed E-state index contributed by atoms with van der Waals surface area (Å²) in [4.78, 5) is 21.0. The number of hydrogen-bond acceptors (Lipinski definition) is 7. The quantitative estimate of drug-likeness (QED) is 0.440. The van der Waals surface area contributed by atoms with Gasteiger partial charge in [0.2, 0.25) is 5.91 Å². The van der Waals surface area contributed by atoms with Crippen LogP contribution in [0.1, 0.15) is 5.69 Å². The van der Waals surface area contributed by atoms with E-state index in [4.69, 9.17) is 11.6 Å². The Morgan fingerprint density at radius 3 is 2.66 bits per heavy atom. The SMILES string of the molecule is O=C(Cc1csc(NS(=O)(=O)c2ccccc2)n1)Nc1nc2ccc(Cl)cc2s1. The number of benzene rings is 2. The van der Waals surface area contributed by atoms with E-state index in [9.17, 15) is 13.2 Å². The second-order valence-corrected chi connectivity index (χ2v) is 9.93. The molecule has 0 radical (unpaired) electrons. The van der Waals surface area contributed by atoms with E-state index in [1.54, 1.807) is 41.8 Å². The van der Waals surface area contributed by atoms with Gasteiger partial charge in [-0.15, -0.1) is 11.3 Å². The normalized spacial score (nSPS) is 11.5. The van der Waals surface area contributed by atoms with Crippen molar-refractivity contribution in [2.75, 3.05) is 10.0 Å². The zero-order valence-electron chi connectivity index (χ0n) is 14.6. The summed E-state index contributed by atoms with van der Waals surface area (Å²) in [6, 6.07) is 13.3. The van der Waals surface area contributed by atoms with Crippen molar-refractivity contribution in [3.05, 3.63) is 64.6 Å². The summed E-state index contributed by atoms with van der Waals surface area (Å²) < 4.78 is 28.0. The summed E-state index contributed by atoms with van der Waals surface area (Å²) in [5.74, 6) is -0.294. The largest absolute Gasteiger partial charge is 0.302 e. The number of aromatic nitrogens is 2. The van der Waals surface area contributed by atoms with Crippen LogP contribution in [-0.4, -0.2) is 24.3 Å². The average molecular weight is 465 g/mol. The van der Waals surface area contributed by atoms with Crippen LogP contribution in [0.3, 0.4) is 0 Å². The topological polar surface area (TPSA) is 101 Å². The lowest BCUT2D eigenvalue weighted by Gasteiger charge is -2.04. The first-order valence-corrected chi connectivity index (χ1v) is 11.8. The fourth-order valence-corrected chi connectivity index (χ4v) is 5.63. The number of amides is 1. The maximum atomic E-state index is 12.3. The molecular weight excluding hydrogens is 452 g/mol. The molecule has 1 amide bonds. The number of thiazole rings is 2. The van der Waals surface area contributed by atoms with Crippen molar-refractivity contribution in [2.45, 2.75) is 11.3 Å². The molecule has 0 saturated carbocycles. The third-order valence-corrected chi connectivity index (χ3v) is 7.22. The molecule has 0 aliphatic carbocycles. The molecule has 11 heteroatoms. The van der Waals surface area contributed by atoms with Crippen molar-refractivity contribution < 1.29 is 13.2 Å². The number of carbonyl (C=O) groups excluding carboxylic acids is 1. The Kier molecular flexibility index (Phi) is 5.50. The first kappa shape index (κ1) is 19.8. The molecule has 0 spiro atoms. The van der Waals surface area contributed by atoms with Crippen molar-refractivity contribution in [3.8, 4) is 0 Å². The van der Waals surface area contributed by atoms with Crippen LogP contribution in [0.5, 0.6) is 0 Å². The molecule has 0 aliphatic heterocycles. The van der Waals surface area contributed by atoms with Crippen LogP contribution in [0.15, 0.2) is 58.8 Å². The Bertz CT molecular complexity index is 1290. The molecule has 0 bridgehead atoms. The van der Waals surface area contributed by atoms with E-state index in [-0.39, 0.29) is 22.4 Å². The zero-order chi connectivity index (χ0) is 20.4. The number of fused-ring (bicyclic) bond motifs is 1. The van der Waals surface area contributed by atoms with Crippen LogP contribution < -0.4 is 10.0 Å². The summed E-state index contributed by atoms with van der Waals surface area (Å²) in [5.41, 5.74) is 1.21. The second-order valence-electron chi connectivity index (χ2n) is 5.92. The summed E-state index contributed by atoms with van der Waals surface area (Å²) in [5, 5.41) is 5.64. The Balaban J connectivity index is 1.41. The van der Waals surface area contributed by atoms with Crippen LogP contribution >= 0.6 is 34.3 Å². The van der Waals surface area contributed by atoms with Crippen molar-refractivity contribution in [1.82, 2.24) is 9.97 Å². The lowest BCUT2D eigenvalue weighted by atomic mass is 10.3. The highest BCUT2D eigenvalue weighted by Crippen LogP contribution is 2.28. The molecule has 2 aromatic carbocycles. The Morgan fingerprint density at radius 2 is 1.86 bits per heavy atom. The minimum absolute atomic E-state index is 0.000244. The predicted octanol–water partition coefficient (Wildman–Crippen LogP) is 4.39. The molecule has 0 aliphatic rings. The van der Waals surface area contributed by atoms with Gasteiger partial charge < -0.3 is 5.32 Å². The van der Waals surface area contributed by atoms with E-state index in [0.717, 1.165) is 21.6 Å². The average Bonchev–Trinajstić information content (AvgIpc) is 3.27. The van der Waals surface area contributed by atoms with Crippen molar-refractivity contribution in [1.29, 1.82) is 0 Å². The molecule has 0 atom stereocenters. The van der Waals surface area contributed by atoms with Crippen molar-refractivity contribution >= 4 is 70.7 Å². The first-order valence-electron chi connectivity index (χ1n) is 8.27. The number of rotatable bonds is 6.